The van der Waals surface area contributed by atoms with Crippen molar-refractivity contribution >= 4 is 6.09 Å². The maximum absolute atomic E-state index is 10.6. The van der Waals surface area contributed by atoms with Crippen molar-refractivity contribution in [3.63, 3.8) is 0 Å². The molecule has 4 nitrogen and oxygen atoms in total. The lowest BCUT2D eigenvalue weighted by atomic mass is 10.0. The van der Waals surface area contributed by atoms with Crippen LogP contribution >= 0.6 is 0 Å². The molecule has 0 aliphatic carbocycles. The summed E-state index contributed by atoms with van der Waals surface area (Å²) in [6.45, 7) is 0.806. The maximum atomic E-state index is 10.6. The van der Waals surface area contributed by atoms with E-state index >= 15 is 0 Å². The van der Waals surface area contributed by atoms with Crippen LogP contribution in [0.4, 0.5) is 4.79 Å². The third kappa shape index (κ3) is 4.61. The number of benzene rings is 3. The van der Waals surface area contributed by atoms with Crippen molar-refractivity contribution in [1.29, 1.82) is 0 Å². The van der Waals surface area contributed by atoms with Gasteiger partial charge in [0.05, 0.1) is 0 Å². The molecule has 0 heterocycles. The summed E-state index contributed by atoms with van der Waals surface area (Å²) in [4.78, 5) is 10.6. The highest BCUT2D eigenvalue weighted by atomic mass is 16.5. The average Bonchev–Trinajstić information content (AvgIpc) is 2.66. The fraction of sp³-hybridized carbons (Fsp3) is 0.0952. The molecule has 3 aromatic rings. The predicted octanol–water partition coefficient (Wildman–Crippen LogP) is 4.70. The first-order valence-electron chi connectivity index (χ1n) is 8.04. The number of carbonyl (C=O) groups is 1. The van der Waals surface area contributed by atoms with Crippen LogP contribution in [0.1, 0.15) is 11.1 Å². The van der Waals surface area contributed by atoms with E-state index in [4.69, 9.17) is 9.84 Å². The number of hydrogen-bond donors (Lipinski definition) is 2. The van der Waals surface area contributed by atoms with Crippen LogP contribution in [-0.4, -0.2) is 11.2 Å². The second-order valence-corrected chi connectivity index (χ2v) is 5.63. The van der Waals surface area contributed by atoms with Gasteiger partial charge < -0.3 is 15.2 Å². The van der Waals surface area contributed by atoms with Gasteiger partial charge in [-0.25, -0.2) is 4.79 Å². The summed E-state index contributed by atoms with van der Waals surface area (Å²) in [5.41, 5.74) is 4.07. The number of hydrogen-bond acceptors (Lipinski definition) is 2. The molecule has 2 N–H and O–H groups in total. The van der Waals surface area contributed by atoms with Crippen LogP contribution in [0.2, 0.25) is 0 Å². The van der Waals surface area contributed by atoms with Gasteiger partial charge in [0.15, 0.2) is 0 Å². The van der Waals surface area contributed by atoms with Gasteiger partial charge in [0.1, 0.15) is 12.4 Å². The molecular formula is C21H19NO3. The third-order valence-corrected chi connectivity index (χ3v) is 3.83. The Morgan fingerprint density at radius 3 is 2.24 bits per heavy atom. The minimum Gasteiger partial charge on any atom is -0.488 e. The van der Waals surface area contributed by atoms with Crippen LogP contribution in [0, 0.1) is 0 Å². The van der Waals surface area contributed by atoms with Gasteiger partial charge in [-0.2, -0.15) is 0 Å². The Balaban J connectivity index is 1.75. The van der Waals surface area contributed by atoms with Crippen LogP contribution in [0.5, 0.6) is 5.75 Å². The fourth-order valence-electron chi connectivity index (χ4n) is 2.55. The molecule has 126 valence electrons. The maximum Gasteiger partial charge on any atom is 0.404 e. The normalized spacial score (nSPS) is 10.2. The zero-order valence-electron chi connectivity index (χ0n) is 13.7. The number of nitrogens with one attached hydrogen (secondary N) is 1. The number of carboxylic acid groups (broad SMARTS) is 1. The van der Waals surface area contributed by atoms with Crippen molar-refractivity contribution in [2.24, 2.45) is 0 Å². The van der Waals surface area contributed by atoms with E-state index in [0.29, 0.717) is 13.2 Å². The molecule has 4 heteroatoms. The highest BCUT2D eigenvalue weighted by Gasteiger charge is 2.06. The lowest BCUT2D eigenvalue weighted by Crippen LogP contribution is -2.19. The summed E-state index contributed by atoms with van der Waals surface area (Å²) in [6.07, 6.45) is -1.02. The molecule has 0 aliphatic heterocycles. The largest absolute Gasteiger partial charge is 0.488 e. The highest BCUT2D eigenvalue weighted by molar-refractivity contribution is 5.70. The predicted molar refractivity (Wildman–Crippen MR) is 97.5 cm³/mol. The molecular weight excluding hydrogens is 314 g/mol. The van der Waals surface area contributed by atoms with E-state index in [9.17, 15) is 4.79 Å². The molecule has 0 atom stereocenters. The van der Waals surface area contributed by atoms with Crippen molar-refractivity contribution in [2.75, 3.05) is 0 Å². The molecule has 25 heavy (non-hydrogen) atoms. The van der Waals surface area contributed by atoms with Crippen molar-refractivity contribution < 1.29 is 14.6 Å². The van der Waals surface area contributed by atoms with E-state index in [0.717, 1.165) is 28.0 Å². The smallest absolute Gasteiger partial charge is 0.404 e. The molecule has 0 aromatic heterocycles. The van der Waals surface area contributed by atoms with Gasteiger partial charge in [0, 0.05) is 12.1 Å². The van der Waals surface area contributed by atoms with Gasteiger partial charge in [0.2, 0.25) is 0 Å². The van der Waals surface area contributed by atoms with E-state index in [1.54, 1.807) is 0 Å². The SMILES string of the molecule is O=C(O)NCc1ccc(-c2ccccc2OCc2ccccc2)cc1. The van der Waals surface area contributed by atoms with Gasteiger partial charge in [-0.3, -0.25) is 0 Å². The standard InChI is InChI=1S/C21H19NO3/c23-21(24)22-14-16-10-12-18(13-11-16)19-8-4-5-9-20(19)25-15-17-6-2-1-3-7-17/h1-13,22H,14-15H2,(H,23,24). The Bertz CT molecular complexity index is 829. The summed E-state index contributed by atoms with van der Waals surface area (Å²) in [5, 5.41) is 11.0. The highest BCUT2D eigenvalue weighted by Crippen LogP contribution is 2.30. The van der Waals surface area contributed by atoms with Gasteiger partial charge in [-0.05, 0) is 22.8 Å². The number of amides is 1. The van der Waals surface area contributed by atoms with E-state index in [-0.39, 0.29) is 0 Å². The zero-order valence-corrected chi connectivity index (χ0v) is 13.7. The Labute approximate surface area is 146 Å². The number of ether oxygens (including phenoxy) is 1. The molecule has 0 saturated heterocycles. The molecule has 0 aliphatic rings. The second kappa shape index (κ2) is 8.02. The Hall–Kier alpha value is -3.27. The van der Waals surface area contributed by atoms with Crippen molar-refractivity contribution in [3.8, 4) is 16.9 Å². The number of para-hydroxylation sites is 1. The summed E-state index contributed by atoms with van der Waals surface area (Å²) in [6, 6.07) is 25.7. The minimum absolute atomic E-state index is 0.293. The van der Waals surface area contributed by atoms with Gasteiger partial charge in [-0.15, -0.1) is 0 Å². The molecule has 3 aromatic carbocycles. The third-order valence-electron chi connectivity index (χ3n) is 3.83. The lowest BCUT2D eigenvalue weighted by molar-refractivity contribution is 0.194. The van der Waals surface area contributed by atoms with Crippen molar-refractivity contribution in [3.05, 3.63) is 90.0 Å². The molecule has 0 saturated carbocycles. The van der Waals surface area contributed by atoms with Crippen LogP contribution < -0.4 is 10.1 Å². The molecule has 0 spiro atoms. The minimum atomic E-state index is -1.02. The van der Waals surface area contributed by atoms with Gasteiger partial charge in [0.25, 0.3) is 0 Å². The fourth-order valence-corrected chi connectivity index (χ4v) is 2.55. The molecule has 0 fully saturated rings. The van der Waals surface area contributed by atoms with E-state index in [1.807, 2.05) is 78.9 Å². The summed E-state index contributed by atoms with van der Waals surface area (Å²) >= 11 is 0. The van der Waals surface area contributed by atoms with Crippen LogP contribution in [0.15, 0.2) is 78.9 Å². The lowest BCUT2D eigenvalue weighted by Gasteiger charge is -2.12. The van der Waals surface area contributed by atoms with Gasteiger partial charge >= 0.3 is 6.09 Å². The van der Waals surface area contributed by atoms with E-state index in [1.165, 1.54) is 0 Å². The topological polar surface area (TPSA) is 58.6 Å². The molecule has 0 unspecified atom stereocenters. The summed E-state index contributed by atoms with van der Waals surface area (Å²) < 4.78 is 6.00. The molecule has 0 radical (unpaired) electrons. The zero-order chi connectivity index (χ0) is 17.5. The monoisotopic (exact) mass is 333 g/mol. The number of rotatable bonds is 6. The second-order valence-electron chi connectivity index (χ2n) is 5.63. The van der Waals surface area contributed by atoms with Crippen molar-refractivity contribution in [1.82, 2.24) is 5.32 Å². The van der Waals surface area contributed by atoms with Crippen LogP contribution in [0.3, 0.4) is 0 Å². The first-order valence-corrected chi connectivity index (χ1v) is 8.04. The van der Waals surface area contributed by atoms with E-state index < -0.39 is 6.09 Å². The Morgan fingerprint density at radius 1 is 0.840 bits per heavy atom. The van der Waals surface area contributed by atoms with E-state index in [2.05, 4.69) is 5.32 Å². The summed E-state index contributed by atoms with van der Waals surface area (Å²) in [5.74, 6) is 0.822. The summed E-state index contributed by atoms with van der Waals surface area (Å²) in [7, 11) is 0. The first-order chi connectivity index (χ1) is 12.2. The molecule has 3 rings (SSSR count). The quantitative estimate of drug-likeness (QED) is 0.687. The average molecular weight is 333 g/mol. The first kappa shape index (κ1) is 16.6. The molecule has 0 bridgehead atoms. The Morgan fingerprint density at radius 2 is 1.52 bits per heavy atom. The van der Waals surface area contributed by atoms with Gasteiger partial charge in [-0.1, -0.05) is 72.8 Å². The van der Waals surface area contributed by atoms with Crippen molar-refractivity contribution in [2.45, 2.75) is 13.2 Å². The van der Waals surface area contributed by atoms with Crippen LogP contribution in [-0.2, 0) is 13.2 Å². The Kier molecular flexibility index (Phi) is 5.32. The molecule has 1 amide bonds. The van der Waals surface area contributed by atoms with Crippen LogP contribution in [0.25, 0.3) is 11.1 Å².